The average Bonchev–Trinajstić information content (AvgIpc) is 2.64. The van der Waals surface area contributed by atoms with E-state index < -0.39 is 14.8 Å². The SMILES string of the molecule is C=CC(=O)OCCC[Si](OCC)(OCC)OCC.[CH2]CCOC(=O)C=C. The van der Waals surface area contributed by atoms with E-state index in [1.54, 1.807) is 0 Å². The summed E-state index contributed by atoms with van der Waals surface area (Å²) in [7, 11) is -2.59. The number of rotatable bonds is 14. The van der Waals surface area contributed by atoms with Gasteiger partial charge in [-0.3, -0.25) is 0 Å². The van der Waals surface area contributed by atoms with Crippen LogP contribution in [0.1, 0.15) is 33.6 Å². The fourth-order valence-corrected chi connectivity index (χ4v) is 4.33. The van der Waals surface area contributed by atoms with E-state index >= 15 is 0 Å². The zero-order valence-corrected chi connectivity index (χ0v) is 17.3. The van der Waals surface area contributed by atoms with Crippen LogP contribution in [0.2, 0.25) is 6.04 Å². The summed E-state index contributed by atoms with van der Waals surface area (Å²) in [6, 6.07) is 0.646. The standard InChI is InChI=1S/C12H24O5Si.C6H9O2/c1-5-12(13)14-10-9-11-18(15-6-2,16-7-3)17-8-4;1-3-5-8-6(7)4-2/h5H,1,6-11H2,2-4H3;4H,1-3,5H2. The second-order valence-corrected chi connectivity index (χ2v) is 7.41. The zero-order valence-electron chi connectivity index (χ0n) is 16.3. The minimum Gasteiger partial charge on any atom is -0.463 e. The number of ether oxygens (including phenoxy) is 2. The van der Waals surface area contributed by atoms with Crippen LogP contribution >= 0.6 is 0 Å². The Morgan fingerprint density at radius 2 is 1.27 bits per heavy atom. The topological polar surface area (TPSA) is 80.3 Å². The Labute approximate surface area is 158 Å². The summed E-state index contributed by atoms with van der Waals surface area (Å²) in [6.07, 6.45) is 3.55. The summed E-state index contributed by atoms with van der Waals surface area (Å²) in [5.74, 6) is -0.792. The molecule has 0 spiro atoms. The van der Waals surface area contributed by atoms with Crippen molar-refractivity contribution in [3.63, 3.8) is 0 Å². The van der Waals surface area contributed by atoms with Crippen LogP contribution in [0.5, 0.6) is 0 Å². The number of carbonyl (C=O) groups excluding carboxylic acids is 2. The summed E-state index contributed by atoms with van der Waals surface area (Å²) in [4.78, 5) is 21.1. The van der Waals surface area contributed by atoms with Crippen LogP contribution in [-0.4, -0.2) is 53.8 Å². The van der Waals surface area contributed by atoms with Gasteiger partial charge in [0.25, 0.3) is 0 Å². The minimum absolute atomic E-state index is 0.326. The van der Waals surface area contributed by atoms with Crippen molar-refractivity contribution in [3.8, 4) is 0 Å². The molecule has 1 radical (unpaired) electrons. The molecule has 0 aliphatic carbocycles. The molecule has 0 aliphatic rings. The Morgan fingerprint density at radius 3 is 1.62 bits per heavy atom. The number of hydrogen-bond acceptors (Lipinski definition) is 7. The van der Waals surface area contributed by atoms with E-state index in [0.29, 0.717) is 51.9 Å². The van der Waals surface area contributed by atoms with Gasteiger partial charge in [0.15, 0.2) is 0 Å². The maximum atomic E-state index is 10.9. The van der Waals surface area contributed by atoms with E-state index in [-0.39, 0.29) is 5.97 Å². The second-order valence-electron chi connectivity index (χ2n) is 4.68. The molecule has 0 aromatic carbocycles. The molecule has 151 valence electrons. The van der Waals surface area contributed by atoms with Gasteiger partial charge >= 0.3 is 20.7 Å². The molecule has 0 heterocycles. The third-order valence-corrected chi connectivity index (χ3v) is 5.84. The normalized spacial score (nSPS) is 10.3. The van der Waals surface area contributed by atoms with Crippen molar-refractivity contribution in [2.45, 2.75) is 39.7 Å². The van der Waals surface area contributed by atoms with Gasteiger partial charge < -0.3 is 22.8 Å². The minimum atomic E-state index is -2.59. The highest BCUT2D eigenvalue weighted by Crippen LogP contribution is 2.18. The van der Waals surface area contributed by atoms with Gasteiger partial charge in [-0.1, -0.05) is 13.2 Å². The monoisotopic (exact) mass is 389 g/mol. The summed E-state index contributed by atoms with van der Waals surface area (Å²) in [5, 5.41) is 0. The first-order valence-corrected chi connectivity index (χ1v) is 10.7. The van der Waals surface area contributed by atoms with Crippen LogP contribution in [0.4, 0.5) is 0 Å². The molecule has 0 saturated heterocycles. The molecule has 0 aromatic rings. The maximum Gasteiger partial charge on any atom is 0.501 e. The fraction of sp³-hybridized carbons (Fsp3) is 0.611. The van der Waals surface area contributed by atoms with Crippen molar-refractivity contribution in [3.05, 3.63) is 32.2 Å². The van der Waals surface area contributed by atoms with Crippen LogP contribution in [0.3, 0.4) is 0 Å². The molecular weight excluding hydrogens is 356 g/mol. The van der Waals surface area contributed by atoms with E-state index in [0.717, 1.165) is 12.2 Å². The number of carbonyl (C=O) groups is 2. The van der Waals surface area contributed by atoms with E-state index in [1.165, 1.54) is 0 Å². The van der Waals surface area contributed by atoms with E-state index in [4.69, 9.17) is 18.0 Å². The molecule has 0 amide bonds. The highest BCUT2D eigenvalue weighted by atomic mass is 28.4. The zero-order chi connectivity index (χ0) is 20.3. The van der Waals surface area contributed by atoms with Crippen LogP contribution < -0.4 is 0 Å². The predicted molar refractivity (Wildman–Crippen MR) is 102 cm³/mol. The highest BCUT2D eigenvalue weighted by molar-refractivity contribution is 6.60. The third kappa shape index (κ3) is 14.8. The Morgan fingerprint density at radius 1 is 0.846 bits per heavy atom. The summed E-state index contributed by atoms with van der Waals surface area (Å²) in [5.41, 5.74) is 0. The summed E-state index contributed by atoms with van der Waals surface area (Å²) >= 11 is 0. The Bertz CT molecular complexity index is 382. The van der Waals surface area contributed by atoms with Gasteiger partial charge in [-0.05, 0) is 40.5 Å². The van der Waals surface area contributed by atoms with Crippen molar-refractivity contribution >= 4 is 20.7 Å². The fourth-order valence-electron chi connectivity index (χ4n) is 1.75. The van der Waals surface area contributed by atoms with Gasteiger partial charge in [0.1, 0.15) is 0 Å². The van der Waals surface area contributed by atoms with Crippen molar-refractivity contribution < 1.29 is 32.3 Å². The van der Waals surface area contributed by atoms with Crippen molar-refractivity contribution in [2.24, 2.45) is 0 Å². The van der Waals surface area contributed by atoms with Crippen LogP contribution in [0, 0.1) is 6.92 Å². The summed E-state index contributed by atoms with van der Waals surface area (Å²) in [6.45, 7) is 18.1. The highest BCUT2D eigenvalue weighted by Gasteiger charge is 2.39. The van der Waals surface area contributed by atoms with Crippen molar-refractivity contribution in [2.75, 3.05) is 33.0 Å². The van der Waals surface area contributed by atoms with E-state index in [9.17, 15) is 9.59 Å². The molecule has 0 unspecified atom stereocenters. The molecule has 0 fully saturated rings. The molecule has 0 N–H and O–H groups in total. The van der Waals surface area contributed by atoms with Crippen LogP contribution in [0.15, 0.2) is 25.3 Å². The molecule has 7 nitrogen and oxygen atoms in total. The molecule has 0 atom stereocenters. The second kappa shape index (κ2) is 18.3. The first kappa shape index (κ1) is 26.7. The van der Waals surface area contributed by atoms with Gasteiger partial charge in [-0.15, -0.1) is 0 Å². The van der Waals surface area contributed by atoms with Crippen LogP contribution in [-0.2, 0) is 32.3 Å². The van der Waals surface area contributed by atoms with Gasteiger partial charge in [-0.25, -0.2) is 9.59 Å². The average molecular weight is 390 g/mol. The quantitative estimate of drug-likeness (QED) is 0.195. The third-order valence-electron chi connectivity index (χ3n) is 2.69. The Balaban J connectivity index is 0. The smallest absolute Gasteiger partial charge is 0.463 e. The van der Waals surface area contributed by atoms with E-state index in [2.05, 4.69) is 24.8 Å². The van der Waals surface area contributed by atoms with Crippen LogP contribution in [0.25, 0.3) is 0 Å². The molecule has 0 saturated carbocycles. The lowest BCUT2D eigenvalue weighted by atomic mass is 10.5. The van der Waals surface area contributed by atoms with Gasteiger partial charge in [0.05, 0.1) is 13.2 Å². The van der Waals surface area contributed by atoms with Gasteiger partial charge in [0.2, 0.25) is 0 Å². The lowest BCUT2D eigenvalue weighted by Gasteiger charge is -2.28. The van der Waals surface area contributed by atoms with Gasteiger partial charge in [-0.2, -0.15) is 0 Å². The molecule has 0 bridgehead atoms. The Hall–Kier alpha value is -1.48. The number of hydrogen-bond donors (Lipinski definition) is 0. The molecule has 0 aromatic heterocycles. The molecule has 0 aliphatic heterocycles. The van der Waals surface area contributed by atoms with Gasteiger partial charge in [0, 0.05) is 38.0 Å². The summed E-state index contributed by atoms with van der Waals surface area (Å²) < 4.78 is 26.5. The predicted octanol–water partition coefficient (Wildman–Crippen LogP) is 3.09. The maximum absolute atomic E-state index is 10.9. The first-order chi connectivity index (χ1) is 12.4. The number of esters is 2. The Kier molecular flexibility index (Phi) is 18.8. The van der Waals surface area contributed by atoms with Crippen molar-refractivity contribution in [1.82, 2.24) is 0 Å². The molecular formula is C18H33O7Si. The van der Waals surface area contributed by atoms with Crippen molar-refractivity contribution in [1.29, 1.82) is 0 Å². The lowest BCUT2D eigenvalue weighted by Crippen LogP contribution is -2.46. The lowest BCUT2D eigenvalue weighted by molar-refractivity contribution is -0.138. The first-order valence-electron chi connectivity index (χ1n) is 8.74. The largest absolute Gasteiger partial charge is 0.501 e. The molecule has 0 rings (SSSR count). The van der Waals surface area contributed by atoms with E-state index in [1.807, 2.05) is 20.8 Å². The molecule has 8 heteroatoms. The molecule has 26 heavy (non-hydrogen) atoms.